The highest BCUT2D eigenvalue weighted by molar-refractivity contribution is 5.99. The maximum Gasteiger partial charge on any atom is 0.305 e. The van der Waals surface area contributed by atoms with Crippen LogP contribution in [0.25, 0.3) is 0 Å². The first-order valence-electron chi connectivity index (χ1n) is 6.05. The molecule has 1 atom stereocenters. The zero-order chi connectivity index (χ0) is 14.7. The lowest BCUT2D eigenvalue weighted by atomic mass is 10.1. The largest absolute Gasteiger partial charge is 0.482 e. The smallest absolute Gasteiger partial charge is 0.305 e. The number of nitrogens with one attached hydrogen (secondary N) is 2. The Morgan fingerprint density at radius 1 is 1.50 bits per heavy atom. The number of benzene rings is 1. The van der Waals surface area contributed by atoms with E-state index < -0.39 is 12.0 Å². The third kappa shape index (κ3) is 3.25. The monoisotopic (exact) mass is 278 g/mol. The molecule has 1 aliphatic rings. The highest BCUT2D eigenvalue weighted by Crippen LogP contribution is 2.28. The summed E-state index contributed by atoms with van der Waals surface area (Å²) in [6, 6.07) is 4.15. The molecule has 1 aromatic carbocycles. The van der Waals surface area contributed by atoms with E-state index in [1.807, 2.05) is 0 Å². The van der Waals surface area contributed by atoms with Crippen LogP contribution in [0, 0.1) is 0 Å². The number of amides is 2. The van der Waals surface area contributed by atoms with Gasteiger partial charge in [0.2, 0.25) is 0 Å². The second-order valence-electron chi connectivity index (χ2n) is 4.52. The van der Waals surface area contributed by atoms with Gasteiger partial charge in [-0.15, -0.1) is 0 Å². The van der Waals surface area contributed by atoms with Gasteiger partial charge in [-0.1, -0.05) is 0 Å². The summed E-state index contributed by atoms with van der Waals surface area (Å²) in [5.74, 6) is -1.19. The summed E-state index contributed by atoms with van der Waals surface area (Å²) < 4.78 is 5.21. The van der Waals surface area contributed by atoms with Gasteiger partial charge in [0, 0.05) is 11.6 Å². The van der Waals surface area contributed by atoms with E-state index in [1.54, 1.807) is 13.0 Å². The molecule has 2 amide bonds. The summed E-state index contributed by atoms with van der Waals surface area (Å²) in [6.07, 6.45) is -0.150. The van der Waals surface area contributed by atoms with Gasteiger partial charge in [0.1, 0.15) is 5.75 Å². The molecule has 1 heterocycles. The third-order valence-corrected chi connectivity index (χ3v) is 2.73. The Kier molecular flexibility index (Phi) is 3.88. The number of rotatable bonds is 4. The van der Waals surface area contributed by atoms with Crippen molar-refractivity contribution in [3.63, 3.8) is 0 Å². The molecule has 1 unspecified atom stereocenters. The summed E-state index contributed by atoms with van der Waals surface area (Å²) >= 11 is 0. The Morgan fingerprint density at radius 2 is 2.25 bits per heavy atom. The topological polar surface area (TPSA) is 105 Å². The molecule has 0 radical (unpaired) electrons. The van der Waals surface area contributed by atoms with Crippen molar-refractivity contribution in [2.75, 3.05) is 11.9 Å². The van der Waals surface area contributed by atoms with Crippen LogP contribution in [-0.4, -0.2) is 35.5 Å². The number of hydrogen-bond acceptors (Lipinski definition) is 4. The van der Waals surface area contributed by atoms with Crippen LogP contribution in [-0.2, 0) is 9.59 Å². The number of aliphatic carboxylic acids is 1. The molecule has 0 spiro atoms. The lowest BCUT2D eigenvalue weighted by molar-refractivity contribution is -0.137. The second-order valence-corrected chi connectivity index (χ2v) is 4.52. The standard InChI is InChI=1S/C13H14N2O5/c1-7(4-12(17)18)14-13(19)8-2-3-9-10(5-8)20-6-11(16)15-9/h2-3,5,7H,4,6H2,1H3,(H,14,19)(H,15,16)(H,17,18). The molecule has 0 bridgehead atoms. The molecule has 0 fully saturated rings. The van der Waals surface area contributed by atoms with E-state index in [-0.39, 0.29) is 24.8 Å². The van der Waals surface area contributed by atoms with Gasteiger partial charge in [0.05, 0.1) is 12.1 Å². The van der Waals surface area contributed by atoms with Gasteiger partial charge in [0.25, 0.3) is 11.8 Å². The molecule has 1 aliphatic heterocycles. The van der Waals surface area contributed by atoms with Crippen molar-refractivity contribution < 1.29 is 24.2 Å². The van der Waals surface area contributed by atoms with Gasteiger partial charge in [-0.05, 0) is 25.1 Å². The first kappa shape index (κ1) is 13.9. The van der Waals surface area contributed by atoms with Crippen molar-refractivity contribution in [3.8, 4) is 5.75 Å². The summed E-state index contributed by atoms with van der Waals surface area (Å²) in [5, 5.41) is 13.8. The summed E-state index contributed by atoms with van der Waals surface area (Å²) in [5.41, 5.74) is 0.855. The molecule has 0 aromatic heterocycles. The number of carbonyl (C=O) groups excluding carboxylic acids is 2. The van der Waals surface area contributed by atoms with Crippen LogP contribution in [0.5, 0.6) is 5.75 Å². The van der Waals surface area contributed by atoms with Crippen molar-refractivity contribution in [3.05, 3.63) is 23.8 Å². The Labute approximate surface area is 114 Å². The highest BCUT2D eigenvalue weighted by atomic mass is 16.5. The van der Waals surface area contributed by atoms with E-state index in [0.29, 0.717) is 17.0 Å². The molecule has 0 aliphatic carbocycles. The van der Waals surface area contributed by atoms with Crippen LogP contribution in [0.3, 0.4) is 0 Å². The fourth-order valence-corrected chi connectivity index (χ4v) is 1.84. The molecule has 7 nitrogen and oxygen atoms in total. The van der Waals surface area contributed by atoms with E-state index >= 15 is 0 Å². The van der Waals surface area contributed by atoms with Crippen LogP contribution in [0.2, 0.25) is 0 Å². The highest BCUT2D eigenvalue weighted by Gasteiger charge is 2.19. The minimum Gasteiger partial charge on any atom is -0.482 e. The van der Waals surface area contributed by atoms with Crippen LogP contribution in [0.15, 0.2) is 18.2 Å². The third-order valence-electron chi connectivity index (χ3n) is 2.73. The first-order valence-corrected chi connectivity index (χ1v) is 6.05. The van der Waals surface area contributed by atoms with E-state index in [1.165, 1.54) is 12.1 Å². The number of hydrogen-bond donors (Lipinski definition) is 3. The fraction of sp³-hybridized carbons (Fsp3) is 0.308. The predicted molar refractivity (Wildman–Crippen MR) is 69.7 cm³/mol. The van der Waals surface area contributed by atoms with Crippen molar-refractivity contribution in [1.82, 2.24) is 5.32 Å². The molecular formula is C13H14N2O5. The van der Waals surface area contributed by atoms with Crippen LogP contribution in [0.1, 0.15) is 23.7 Å². The molecule has 1 aromatic rings. The van der Waals surface area contributed by atoms with E-state index in [2.05, 4.69) is 10.6 Å². The fourth-order valence-electron chi connectivity index (χ4n) is 1.84. The van der Waals surface area contributed by atoms with Crippen molar-refractivity contribution >= 4 is 23.5 Å². The minimum absolute atomic E-state index is 0.0898. The van der Waals surface area contributed by atoms with Crippen LogP contribution >= 0.6 is 0 Å². The Bertz CT molecular complexity index is 570. The Hall–Kier alpha value is -2.57. The van der Waals surface area contributed by atoms with Gasteiger partial charge >= 0.3 is 5.97 Å². The first-order chi connectivity index (χ1) is 9.45. The van der Waals surface area contributed by atoms with Crippen molar-refractivity contribution in [1.29, 1.82) is 0 Å². The zero-order valence-electron chi connectivity index (χ0n) is 10.8. The SMILES string of the molecule is CC(CC(=O)O)NC(=O)c1ccc2c(c1)OCC(=O)N2. The molecule has 2 rings (SSSR count). The van der Waals surface area contributed by atoms with Gasteiger partial charge in [0.15, 0.2) is 6.61 Å². The minimum atomic E-state index is -0.978. The van der Waals surface area contributed by atoms with Crippen LogP contribution < -0.4 is 15.4 Å². The van der Waals surface area contributed by atoms with E-state index in [9.17, 15) is 14.4 Å². The van der Waals surface area contributed by atoms with Gasteiger partial charge in [-0.2, -0.15) is 0 Å². The molecular weight excluding hydrogens is 264 g/mol. The zero-order valence-corrected chi connectivity index (χ0v) is 10.8. The van der Waals surface area contributed by atoms with Gasteiger partial charge in [-0.3, -0.25) is 14.4 Å². The summed E-state index contributed by atoms with van der Waals surface area (Å²) in [4.78, 5) is 33.6. The van der Waals surface area contributed by atoms with E-state index in [4.69, 9.17) is 9.84 Å². The molecule has 7 heteroatoms. The average Bonchev–Trinajstić information content (AvgIpc) is 2.36. The van der Waals surface area contributed by atoms with Gasteiger partial charge < -0.3 is 20.5 Å². The number of ether oxygens (including phenoxy) is 1. The number of carbonyl (C=O) groups is 3. The maximum absolute atomic E-state index is 11.9. The van der Waals surface area contributed by atoms with Crippen molar-refractivity contribution in [2.24, 2.45) is 0 Å². The van der Waals surface area contributed by atoms with Crippen molar-refractivity contribution in [2.45, 2.75) is 19.4 Å². The van der Waals surface area contributed by atoms with Crippen LogP contribution in [0.4, 0.5) is 5.69 Å². The lowest BCUT2D eigenvalue weighted by Crippen LogP contribution is -2.34. The quantitative estimate of drug-likeness (QED) is 0.748. The number of anilines is 1. The lowest BCUT2D eigenvalue weighted by Gasteiger charge is -2.19. The molecule has 0 saturated carbocycles. The number of fused-ring (bicyclic) bond motifs is 1. The molecule has 3 N–H and O–H groups in total. The Morgan fingerprint density at radius 3 is 2.95 bits per heavy atom. The molecule has 20 heavy (non-hydrogen) atoms. The average molecular weight is 278 g/mol. The maximum atomic E-state index is 11.9. The Balaban J connectivity index is 2.08. The molecule has 106 valence electrons. The second kappa shape index (κ2) is 5.60. The molecule has 0 saturated heterocycles. The summed E-state index contributed by atoms with van der Waals surface area (Å²) in [6.45, 7) is 1.52. The predicted octanol–water partition coefficient (Wildman–Crippen LogP) is 0.610. The number of carboxylic acid groups (broad SMARTS) is 1. The van der Waals surface area contributed by atoms with E-state index in [0.717, 1.165) is 0 Å². The van der Waals surface area contributed by atoms with Gasteiger partial charge in [-0.25, -0.2) is 0 Å². The summed E-state index contributed by atoms with van der Waals surface area (Å²) in [7, 11) is 0. The normalized spacial score (nSPS) is 14.6. The number of carboxylic acids is 1.